The number of carbonyl (C=O) groups is 1. The summed E-state index contributed by atoms with van der Waals surface area (Å²) in [5, 5.41) is 0. The van der Waals surface area contributed by atoms with Gasteiger partial charge in [0.15, 0.2) is 0 Å². The highest BCUT2D eigenvalue weighted by molar-refractivity contribution is 7.89. The van der Waals surface area contributed by atoms with Crippen LogP contribution in [0.5, 0.6) is 0 Å². The Kier molecular flexibility index (Phi) is 4.65. The number of aryl methyl sites for hydroxylation is 2. The van der Waals surface area contributed by atoms with Gasteiger partial charge in [-0.2, -0.15) is 4.31 Å². The van der Waals surface area contributed by atoms with Crippen LogP contribution in [0, 0.1) is 13.8 Å². The second-order valence-corrected chi connectivity index (χ2v) is 6.86. The third kappa shape index (κ3) is 3.09. The van der Waals surface area contributed by atoms with Crippen LogP contribution < -0.4 is 0 Å². The lowest BCUT2D eigenvalue weighted by atomic mass is 10.2. The maximum Gasteiger partial charge on any atom is 0.326 e. The Morgan fingerprint density at radius 3 is 2.76 bits per heavy atom. The summed E-state index contributed by atoms with van der Waals surface area (Å²) in [7, 11) is -2.53. The molecule has 1 fully saturated rings. The van der Waals surface area contributed by atoms with Gasteiger partial charge >= 0.3 is 5.97 Å². The molecule has 2 rings (SSSR count). The number of hydrogen-bond acceptors (Lipinski definition) is 5. The maximum absolute atomic E-state index is 12.9. The molecule has 6 nitrogen and oxygen atoms in total. The van der Waals surface area contributed by atoms with Crippen molar-refractivity contribution in [2.24, 2.45) is 0 Å². The van der Waals surface area contributed by atoms with Crippen molar-refractivity contribution in [1.82, 2.24) is 4.31 Å². The molecule has 21 heavy (non-hydrogen) atoms. The van der Waals surface area contributed by atoms with E-state index in [1.807, 2.05) is 13.0 Å². The monoisotopic (exact) mass is 313 g/mol. The highest BCUT2D eigenvalue weighted by Crippen LogP contribution is 2.24. The van der Waals surface area contributed by atoms with Gasteiger partial charge in [-0.25, -0.2) is 8.42 Å². The molecule has 1 aromatic rings. The lowest BCUT2D eigenvalue weighted by Gasteiger charge is -2.33. The van der Waals surface area contributed by atoms with Crippen molar-refractivity contribution in [3.05, 3.63) is 29.3 Å². The van der Waals surface area contributed by atoms with Crippen molar-refractivity contribution in [1.29, 1.82) is 0 Å². The number of esters is 1. The average molecular weight is 313 g/mol. The number of rotatable bonds is 3. The minimum Gasteiger partial charge on any atom is -0.468 e. The summed E-state index contributed by atoms with van der Waals surface area (Å²) in [6.07, 6.45) is 0. The van der Waals surface area contributed by atoms with Crippen LogP contribution in [0.1, 0.15) is 11.1 Å². The molecule has 1 unspecified atom stereocenters. The molecule has 1 atom stereocenters. The number of sulfonamides is 1. The van der Waals surface area contributed by atoms with Crippen molar-refractivity contribution in [2.45, 2.75) is 24.8 Å². The van der Waals surface area contributed by atoms with Gasteiger partial charge in [-0.05, 0) is 31.0 Å². The van der Waals surface area contributed by atoms with Crippen molar-refractivity contribution in [2.75, 3.05) is 26.9 Å². The number of nitrogens with zero attached hydrogens (tertiary/aromatic N) is 1. The van der Waals surface area contributed by atoms with Crippen LogP contribution in [-0.2, 0) is 24.3 Å². The highest BCUT2D eigenvalue weighted by Gasteiger charge is 2.39. The van der Waals surface area contributed by atoms with Gasteiger partial charge in [0.25, 0.3) is 0 Å². The van der Waals surface area contributed by atoms with E-state index in [0.29, 0.717) is 5.56 Å². The Morgan fingerprint density at radius 1 is 1.38 bits per heavy atom. The molecule has 0 radical (unpaired) electrons. The molecule has 1 saturated heterocycles. The molecule has 0 amide bonds. The zero-order valence-corrected chi connectivity index (χ0v) is 13.1. The van der Waals surface area contributed by atoms with Crippen LogP contribution >= 0.6 is 0 Å². The molecule has 0 saturated carbocycles. The van der Waals surface area contributed by atoms with E-state index in [1.54, 1.807) is 19.1 Å². The van der Waals surface area contributed by atoms with Gasteiger partial charge in [-0.15, -0.1) is 0 Å². The Balaban J connectivity index is 2.45. The Morgan fingerprint density at radius 2 is 2.10 bits per heavy atom. The first kappa shape index (κ1) is 15.9. The number of benzene rings is 1. The van der Waals surface area contributed by atoms with E-state index >= 15 is 0 Å². The highest BCUT2D eigenvalue weighted by atomic mass is 32.2. The van der Waals surface area contributed by atoms with Crippen molar-refractivity contribution >= 4 is 16.0 Å². The summed E-state index contributed by atoms with van der Waals surface area (Å²) in [6, 6.07) is 4.30. The molecule has 1 heterocycles. The Labute approximate surface area is 124 Å². The molecule has 0 bridgehead atoms. The SMILES string of the molecule is COC(=O)C1COCCN1S(=O)(=O)c1cc(C)ccc1C. The van der Waals surface area contributed by atoms with Crippen LogP contribution in [0.4, 0.5) is 0 Å². The first-order valence-electron chi connectivity index (χ1n) is 6.62. The van der Waals surface area contributed by atoms with E-state index in [2.05, 4.69) is 4.74 Å². The van der Waals surface area contributed by atoms with E-state index in [1.165, 1.54) is 11.4 Å². The molecule has 1 aliphatic heterocycles. The van der Waals surface area contributed by atoms with Crippen LogP contribution in [0.15, 0.2) is 23.1 Å². The topological polar surface area (TPSA) is 72.9 Å². The van der Waals surface area contributed by atoms with Gasteiger partial charge in [-0.1, -0.05) is 12.1 Å². The van der Waals surface area contributed by atoms with Crippen molar-refractivity contribution in [3.8, 4) is 0 Å². The largest absolute Gasteiger partial charge is 0.468 e. The van der Waals surface area contributed by atoms with E-state index in [9.17, 15) is 13.2 Å². The quantitative estimate of drug-likeness (QED) is 0.774. The van der Waals surface area contributed by atoms with Crippen LogP contribution in [0.2, 0.25) is 0 Å². The summed E-state index contributed by atoms with van der Waals surface area (Å²) in [4.78, 5) is 12.0. The molecule has 0 spiro atoms. The van der Waals surface area contributed by atoms with Crippen molar-refractivity contribution in [3.63, 3.8) is 0 Å². The molecule has 116 valence electrons. The molecule has 7 heteroatoms. The molecule has 1 aromatic carbocycles. The summed E-state index contributed by atoms with van der Waals surface area (Å²) in [6.45, 7) is 3.97. The number of ether oxygens (including phenoxy) is 2. The minimum atomic E-state index is -3.77. The van der Waals surface area contributed by atoms with Gasteiger partial charge in [0.1, 0.15) is 6.04 Å². The molecular weight excluding hydrogens is 294 g/mol. The minimum absolute atomic E-state index is 0.0107. The average Bonchev–Trinajstić information content (AvgIpc) is 2.48. The smallest absolute Gasteiger partial charge is 0.326 e. The third-order valence-electron chi connectivity index (χ3n) is 3.48. The first-order valence-corrected chi connectivity index (χ1v) is 8.06. The molecule has 1 aliphatic rings. The Bertz CT molecular complexity index is 641. The summed E-state index contributed by atoms with van der Waals surface area (Å²) < 4.78 is 36.8. The van der Waals surface area contributed by atoms with E-state index in [0.717, 1.165) is 5.56 Å². The molecule has 0 N–H and O–H groups in total. The lowest BCUT2D eigenvalue weighted by Crippen LogP contribution is -2.52. The standard InChI is InChI=1S/C14H19NO5S/c1-10-4-5-11(2)13(8-10)21(17,18)15-6-7-20-9-12(15)14(16)19-3/h4-5,8,12H,6-7,9H2,1-3H3. The second-order valence-electron chi connectivity index (χ2n) is 5.00. The fourth-order valence-corrected chi connectivity index (χ4v) is 4.17. The lowest BCUT2D eigenvalue weighted by molar-refractivity contribution is -0.149. The van der Waals surface area contributed by atoms with Crippen LogP contribution in [0.3, 0.4) is 0 Å². The number of methoxy groups -OCH3 is 1. The number of carbonyl (C=O) groups excluding carboxylic acids is 1. The number of hydrogen-bond donors (Lipinski definition) is 0. The number of morpholine rings is 1. The molecular formula is C14H19NO5S. The zero-order chi connectivity index (χ0) is 15.6. The second kappa shape index (κ2) is 6.13. The van der Waals surface area contributed by atoms with E-state index in [-0.39, 0.29) is 24.7 Å². The van der Waals surface area contributed by atoms with Gasteiger partial charge in [-0.3, -0.25) is 4.79 Å². The van der Waals surface area contributed by atoms with E-state index in [4.69, 9.17) is 4.74 Å². The summed E-state index contributed by atoms with van der Waals surface area (Å²) in [5.41, 5.74) is 1.50. The normalized spacial score (nSPS) is 20.2. The van der Waals surface area contributed by atoms with Gasteiger partial charge in [0.05, 0.1) is 25.2 Å². The molecule has 0 aromatic heterocycles. The van der Waals surface area contributed by atoms with Crippen LogP contribution in [-0.4, -0.2) is 51.6 Å². The summed E-state index contributed by atoms with van der Waals surface area (Å²) in [5.74, 6) is -0.608. The van der Waals surface area contributed by atoms with E-state index < -0.39 is 22.0 Å². The van der Waals surface area contributed by atoms with Crippen molar-refractivity contribution < 1.29 is 22.7 Å². The fraction of sp³-hybridized carbons (Fsp3) is 0.500. The predicted molar refractivity (Wildman–Crippen MR) is 76.4 cm³/mol. The van der Waals surface area contributed by atoms with Crippen LogP contribution in [0.25, 0.3) is 0 Å². The maximum atomic E-state index is 12.9. The fourth-order valence-electron chi connectivity index (χ4n) is 2.31. The molecule has 0 aliphatic carbocycles. The first-order chi connectivity index (χ1) is 9.87. The summed E-state index contributed by atoms with van der Waals surface area (Å²) >= 11 is 0. The Hall–Kier alpha value is -1.44. The van der Waals surface area contributed by atoms with Gasteiger partial charge in [0, 0.05) is 6.54 Å². The predicted octanol–water partition coefficient (Wildman–Crippen LogP) is 0.866. The zero-order valence-electron chi connectivity index (χ0n) is 12.3. The third-order valence-corrected chi connectivity index (χ3v) is 5.53. The van der Waals surface area contributed by atoms with Gasteiger partial charge in [0.2, 0.25) is 10.0 Å². The van der Waals surface area contributed by atoms with Gasteiger partial charge < -0.3 is 9.47 Å².